The SMILES string of the molecule is O=C1NC(=O)/C(=C/c2ccc3c(c2)ncn3CCc2ccc(Oc3ccccc3)cc2)S1. The highest BCUT2D eigenvalue weighted by molar-refractivity contribution is 8.18. The number of thioether (sulfide) groups is 1. The summed E-state index contributed by atoms with van der Waals surface area (Å²) in [6, 6.07) is 23.7. The number of aromatic nitrogens is 2. The van der Waals surface area contributed by atoms with Crippen molar-refractivity contribution in [3.8, 4) is 11.5 Å². The molecule has 0 unspecified atom stereocenters. The van der Waals surface area contributed by atoms with Gasteiger partial charge in [-0.15, -0.1) is 0 Å². The summed E-state index contributed by atoms with van der Waals surface area (Å²) in [5, 5.41) is 1.92. The number of imidazole rings is 1. The molecule has 0 bridgehead atoms. The normalized spacial score (nSPS) is 14.8. The Kier molecular flexibility index (Phi) is 5.47. The summed E-state index contributed by atoms with van der Waals surface area (Å²) in [6.07, 6.45) is 4.40. The van der Waals surface area contributed by atoms with Crippen LogP contribution in [0.25, 0.3) is 17.1 Å². The van der Waals surface area contributed by atoms with Crippen LogP contribution in [0.1, 0.15) is 11.1 Å². The number of nitrogens with one attached hydrogen (secondary N) is 1. The number of imide groups is 1. The highest BCUT2D eigenvalue weighted by Crippen LogP contribution is 2.27. The summed E-state index contributed by atoms with van der Waals surface area (Å²) < 4.78 is 7.96. The number of rotatable bonds is 6. The van der Waals surface area contributed by atoms with Gasteiger partial charge in [-0.3, -0.25) is 14.9 Å². The van der Waals surface area contributed by atoms with Crippen LogP contribution in [0.3, 0.4) is 0 Å². The van der Waals surface area contributed by atoms with Crippen LogP contribution in [0.15, 0.2) is 84.0 Å². The lowest BCUT2D eigenvalue weighted by atomic mass is 10.1. The average molecular weight is 442 g/mol. The molecular formula is C25H19N3O3S. The molecular weight excluding hydrogens is 422 g/mol. The minimum Gasteiger partial charge on any atom is -0.457 e. The van der Waals surface area contributed by atoms with Gasteiger partial charge in [0.05, 0.1) is 22.3 Å². The monoisotopic (exact) mass is 441 g/mol. The first-order chi connectivity index (χ1) is 15.6. The van der Waals surface area contributed by atoms with Crippen LogP contribution >= 0.6 is 11.8 Å². The molecule has 32 heavy (non-hydrogen) atoms. The van der Waals surface area contributed by atoms with Crippen LogP contribution in [-0.2, 0) is 17.8 Å². The molecule has 2 heterocycles. The van der Waals surface area contributed by atoms with Gasteiger partial charge in [0.1, 0.15) is 11.5 Å². The van der Waals surface area contributed by atoms with E-state index < -0.39 is 0 Å². The van der Waals surface area contributed by atoms with E-state index in [1.807, 2.05) is 67.0 Å². The number of aryl methyl sites for hydroxylation is 2. The van der Waals surface area contributed by atoms with Gasteiger partial charge in [0.2, 0.25) is 0 Å². The number of benzene rings is 3. The van der Waals surface area contributed by atoms with E-state index >= 15 is 0 Å². The van der Waals surface area contributed by atoms with Crippen molar-refractivity contribution in [1.29, 1.82) is 0 Å². The third-order valence-electron chi connectivity index (χ3n) is 5.13. The second-order valence-electron chi connectivity index (χ2n) is 7.35. The number of hydrogen-bond donors (Lipinski definition) is 1. The van der Waals surface area contributed by atoms with Crippen LogP contribution in [0.5, 0.6) is 11.5 Å². The Bertz CT molecular complexity index is 1330. The molecule has 158 valence electrons. The van der Waals surface area contributed by atoms with Gasteiger partial charge in [-0.2, -0.15) is 0 Å². The number of nitrogens with zero attached hydrogens (tertiary/aromatic N) is 2. The Morgan fingerprint density at radius 2 is 1.75 bits per heavy atom. The first kappa shape index (κ1) is 20.1. The van der Waals surface area contributed by atoms with Gasteiger partial charge in [-0.25, -0.2) is 4.98 Å². The van der Waals surface area contributed by atoms with E-state index in [4.69, 9.17) is 4.74 Å². The van der Waals surface area contributed by atoms with Gasteiger partial charge in [0.15, 0.2) is 0 Å². The fourth-order valence-electron chi connectivity index (χ4n) is 3.52. The molecule has 0 saturated carbocycles. The average Bonchev–Trinajstić information content (AvgIpc) is 3.35. The minimum atomic E-state index is -0.356. The topological polar surface area (TPSA) is 73.2 Å². The summed E-state index contributed by atoms with van der Waals surface area (Å²) in [7, 11) is 0. The van der Waals surface area contributed by atoms with Crippen LogP contribution in [0.4, 0.5) is 4.79 Å². The fraction of sp³-hybridized carbons (Fsp3) is 0.0800. The fourth-order valence-corrected chi connectivity index (χ4v) is 4.20. The molecule has 1 fully saturated rings. The van der Waals surface area contributed by atoms with E-state index in [2.05, 4.69) is 27.0 Å². The zero-order chi connectivity index (χ0) is 21.9. The third kappa shape index (κ3) is 4.43. The number of carbonyl (C=O) groups is 2. The molecule has 0 aliphatic carbocycles. The van der Waals surface area contributed by atoms with E-state index in [1.165, 1.54) is 5.56 Å². The number of para-hydroxylation sites is 1. The number of hydrogen-bond acceptors (Lipinski definition) is 5. The molecule has 3 aromatic carbocycles. The molecule has 1 aromatic heterocycles. The van der Waals surface area contributed by atoms with E-state index in [0.717, 1.165) is 52.8 Å². The van der Waals surface area contributed by atoms with Gasteiger partial charge < -0.3 is 9.30 Å². The van der Waals surface area contributed by atoms with Crippen molar-refractivity contribution in [1.82, 2.24) is 14.9 Å². The summed E-state index contributed by atoms with van der Waals surface area (Å²) >= 11 is 0.913. The molecule has 1 aliphatic heterocycles. The number of ether oxygens (including phenoxy) is 1. The molecule has 1 N–H and O–H groups in total. The van der Waals surface area contributed by atoms with E-state index in [0.29, 0.717) is 4.91 Å². The van der Waals surface area contributed by atoms with E-state index in [-0.39, 0.29) is 11.1 Å². The Balaban J connectivity index is 1.25. The van der Waals surface area contributed by atoms with Crippen LogP contribution in [-0.4, -0.2) is 20.7 Å². The van der Waals surface area contributed by atoms with Gasteiger partial charge in [0.25, 0.3) is 11.1 Å². The molecule has 7 heteroatoms. The highest BCUT2D eigenvalue weighted by Gasteiger charge is 2.24. The smallest absolute Gasteiger partial charge is 0.290 e. The summed E-state index contributed by atoms with van der Waals surface area (Å²) in [4.78, 5) is 28.0. The Labute approximate surface area is 188 Å². The van der Waals surface area contributed by atoms with Gasteiger partial charge in [-0.05, 0) is 71.8 Å². The third-order valence-corrected chi connectivity index (χ3v) is 5.94. The molecule has 1 saturated heterocycles. The molecule has 0 spiro atoms. The first-order valence-electron chi connectivity index (χ1n) is 10.2. The van der Waals surface area contributed by atoms with Gasteiger partial charge >= 0.3 is 0 Å². The predicted molar refractivity (Wildman–Crippen MR) is 126 cm³/mol. The maximum atomic E-state index is 11.7. The highest BCUT2D eigenvalue weighted by atomic mass is 32.2. The van der Waals surface area contributed by atoms with Crippen molar-refractivity contribution >= 4 is 40.0 Å². The second kappa shape index (κ2) is 8.72. The van der Waals surface area contributed by atoms with Gasteiger partial charge in [0, 0.05) is 6.54 Å². The lowest BCUT2D eigenvalue weighted by molar-refractivity contribution is -0.115. The van der Waals surface area contributed by atoms with Crippen molar-refractivity contribution in [2.24, 2.45) is 0 Å². The van der Waals surface area contributed by atoms with Crippen molar-refractivity contribution in [3.63, 3.8) is 0 Å². The molecule has 0 radical (unpaired) electrons. The molecule has 6 nitrogen and oxygen atoms in total. The zero-order valence-corrected chi connectivity index (χ0v) is 17.8. The Hall–Kier alpha value is -3.84. The van der Waals surface area contributed by atoms with Crippen LogP contribution in [0.2, 0.25) is 0 Å². The maximum absolute atomic E-state index is 11.7. The lowest BCUT2D eigenvalue weighted by Gasteiger charge is -2.08. The Morgan fingerprint density at radius 1 is 0.969 bits per heavy atom. The summed E-state index contributed by atoms with van der Waals surface area (Å²) in [5.74, 6) is 1.27. The maximum Gasteiger partial charge on any atom is 0.290 e. The second-order valence-corrected chi connectivity index (χ2v) is 8.36. The number of amides is 2. The number of carbonyl (C=O) groups excluding carboxylic acids is 2. The quantitative estimate of drug-likeness (QED) is 0.406. The minimum absolute atomic E-state index is 0.341. The van der Waals surface area contributed by atoms with Crippen molar-refractivity contribution in [2.75, 3.05) is 0 Å². The van der Waals surface area contributed by atoms with Crippen molar-refractivity contribution < 1.29 is 14.3 Å². The molecule has 5 rings (SSSR count). The molecule has 2 amide bonds. The van der Waals surface area contributed by atoms with E-state index in [1.54, 1.807) is 6.08 Å². The van der Waals surface area contributed by atoms with Crippen LogP contribution < -0.4 is 10.1 Å². The van der Waals surface area contributed by atoms with Crippen molar-refractivity contribution in [3.05, 3.63) is 95.2 Å². The molecule has 0 atom stereocenters. The Morgan fingerprint density at radius 3 is 2.50 bits per heavy atom. The zero-order valence-electron chi connectivity index (χ0n) is 17.0. The van der Waals surface area contributed by atoms with Crippen molar-refractivity contribution in [2.45, 2.75) is 13.0 Å². The van der Waals surface area contributed by atoms with Gasteiger partial charge in [-0.1, -0.05) is 36.4 Å². The van der Waals surface area contributed by atoms with E-state index in [9.17, 15) is 9.59 Å². The summed E-state index contributed by atoms with van der Waals surface area (Å²) in [6.45, 7) is 0.794. The molecule has 1 aliphatic rings. The largest absolute Gasteiger partial charge is 0.457 e. The summed E-state index contributed by atoms with van der Waals surface area (Å²) in [5.41, 5.74) is 3.92. The standard InChI is InChI=1S/C25H19N3O3S/c29-24-23(32-25(30)27-24)15-18-8-11-22-21(14-18)26-16-28(22)13-12-17-6-9-20(10-7-17)31-19-4-2-1-3-5-19/h1-11,14-16H,12-13H2,(H,27,29,30)/b23-15-. The molecule has 4 aromatic rings. The predicted octanol–water partition coefficient (Wildman–Crippen LogP) is 5.40. The first-order valence-corrected chi connectivity index (χ1v) is 11.0. The lowest BCUT2D eigenvalue weighted by Crippen LogP contribution is -2.17. The van der Waals surface area contributed by atoms with Crippen LogP contribution in [0, 0.1) is 0 Å². The number of fused-ring (bicyclic) bond motifs is 1.